The molecule has 0 saturated carbocycles. The molecule has 0 atom stereocenters. The third-order valence-corrected chi connectivity index (χ3v) is 5.20. The number of benzene rings is 1. The summed E-state index contributed by atoms with van der Waals surface area (Å²) in [6.45, 7) is 7.16. The van der Waals surface area contributed by atoms with Crippen LogP contribution in [0.1, 0.15) is 6.92 Å². The van der Waals surface area contributed by atoms with Crippen molar-refractivity contribution in [2.24, 2.45) is 0 Å². The van der Waals surface area contributed by atoms with Crippen molar-refractivity contribution in [1.29, 1.82) is 0 Å². The second-order valence-electron chi connectivity index (χ2n) is 5.63. The number of hydrogen-bond donors (Lipinski definition) is 1. The van der Waals surface area contributed by atoms with Gasteiger partial charge in [0.25, 0.3) is 0 Å². The highest BCUT2D eigenvalue weighted by Gasteiger charge is 2.16. The van der Waals surface area contributed by atoms with Gasteiger partial charge in [-0.1, -0.05) is 33.8 Å². The van der Waals surface area contributed by atoms with Gasteiger partial charge in [-0.2, -0.15) is 5.10 Å². The monoisotopic (exact) mass is 446 g/mol. The van der Waals surface area contributed by atoms with Crippen LogP contribution in [0.5, 0.6) is 0 Å². The first-order valence-electron chi connectivity index (χ1n) is 8.36. The van der Waals surface area contributed by atoms with Gasteiger partial charge >= 0.3 is 0 Å². The zero-order valence-electron chi connectivity index (χ0n) is 14.8. The van der Waals surface area contributed by atoms with E-state index in [4.69, 9.17) is 0 Å². The van der Waals surface area contributed by atoms with E-state index >= 15 is 0 Å². The Morgan fingerprint density at radius 1 is 1.33 bits per heavy atom. The Morgan fingerprint density at radius 2 is 2.11 bits per heavy atom. The predicted molar refractivity (Wildman–Crippen MR) is 111 cm³/mol. The molecule has 0 saturated heterocycles. The fourth-order valence-electron chi connectivity index (χ4n) is 2.42. The van der Waals surface area contributed by atoms with Crippen molar-refractivity contribution in [2.45, 2.75) is 25.2 Å². The van der Waals surface area contributed by atoms with Crippen molar-refractivity contribution >= 4 is 39.3 Å². The van der Waals surface area contributed by atoms with Crippen LogP contribution in [0, 0.1) is 0 Å². The highest BCUT2D eigenvalue weighted by molar-refractivity contribution is 9.10. The van der Waals surface area contributed by atoms with Crippen molar-refractivity contribution in [3.05, 3.63) is 53.8 Å². The smallest absolute Gasteiger partial charge is 0.234 e. The van der Waals surface area contributed by atoms with Crippen molar-refractivity contribution in [1.82, 2.24) is 24.5 Å². The third kappa shape index (κ3) is 4.86. The van der Waals surface area contributed by atoms with Crippen LogP contribution in [0.3, 0.4) is 0 Å². The van der Waals surface area contributed by atoms with Crippen molar-refractivity contribution in [2.75, 3.05) is 11.1 Å². The van der Waals surface area contributed by atoms with Crippen LogP contribution in [0.2, 0.25) is 0 Å². The molecule has 3 rings (SSSR count). The van der Waals surface area contributed by atoms with Crippen LogP contribution in [-0.2, 0) is 17.9 Å². The molecule has 0 aliphatic carbocycles. The Labute approximate surface area is 170 Å². The number of allylic oxidation sites excluding steroid dienone is 1. The molecule has 7 nitrogen and oxygen atoms in total. The normalized spacial score (nSPS) is 10.7. The van der Waals surface area contributed by atoms with Crippen molar-refractivity contribution in [3.8, 4) is 11.4 Å². The first kappa shape index (κ1) is 19.4. The Bertz CT molecular complexity index is 934. The van der Waals surface area contributed by atoms with Crippen molar-refractivity contribution in [3.63, 3.8) is 0 Å². The summed E-state index contributed by atoms with van der Waals surface area (Å²) in [5, 5.41) is 16.3. The Kier molecular flexibility index (Phi) is 6.46. The number of thioether (sulfide) groups is 1. The standard InChI is InChI=1S/C18H19BrN6OS/c1-3-9-25-17(13-10-20-24(4-2)11-13)22-23-18(25)27-12-16(26)21-15-7-5-14(19)6-8-15/h3,5-8,10-11H,1,4,9,12H2,2H3,(H,21,26). The average molecular weight is 447 g/mol. The number of aryl methyl sites for hydroxylation is 1. The number of carbonyl (C=O) groups is 1. The first-order chi connectivity index (χ1) is 13.1. The second-order valence-corrected chi connectivity index (χ2v) is 7.49. The molecule has 27 heavy (non-hydrogen) atoms. The maximum absolute atomic E-state index is 12.2. The van der Waals surface area contributed by atoms with Gasteiger partial charge in [-0.25, -0.2) is 0 Å². The van der Waals surface area contributed by atoms with Gasteiger partial charge in [-0.15, -0.1) is 16.8 Å². The number of halogens is 1. The molecular formula is C18H19BrN6OS. The molecule has 0 radical (unpaired) electrons. The number of nitrogens with one attached hydrogen (secondary N) is 1. The highest BCUT2D eigenvalue weighted by atomic mass is 79.9. The minimum atomic E-state index is -0.101. The third-order valence-electron chi connectivity index (χ3n) is 3.70. The topological polar surface area (TPSA) is 77.6 Å². The van der Waals surface area contributed by atoms with Crippen LogP contribution in [-0.4, -0.2) is 36.2 Å². The first-order valence-corrected chi connectivity index (χ1v) is 10.1. The van der Waals surface area contributed by atoms with Crippen molar-refractivity contribution < 1.29 is 4.79 Å². The zero-order valence-corrected chi connectivity index (χ0v) is 17.2. The maximum Gasteiger partial charge on any atom is 0.234 e. The Balaban J connectivity index is 1.69. The average Bonchev–Trinajstić information content (AvgIpc) is 3.29. The Morgan fingerprint density at radius 3 is 2.78 bits per heavy atom. The number of nitrogens with zero attached hydrogens (tertiary/aromatic N) is 5. The number of anilines is 1. The van der Waals surface area contributed by atoms with Crippen LogP contribution >= 0.6 is 27.7 Å². The van der Waals surface area contributed by atoms with E-state index in [1.54, 1.807) is 12.3 Å². The quantitative estimate of drug-likeness (QED) is 0.420. The molecular weight excluding hydrogens is 428 g/mol. The number of rotatable bonds is 8. The Hall–Kier alpha value is -2.39. The number of carbonyl (C=O) groups excluding carboxylic acids is 1. The summed E-state index contributed by atoms with van der Waals surface area (Å²) in [5.74, 6) is 0.848. The van der Waals surface area contributed by atoms with Gasteiger partial charge in [0.1, 0.15) is 0 Å². The number of hydrogen-bond acceptors (Lipinski definition) is 5. The summed E-state index contributed by atoms with van der Waals surface area (Å²) in [6, 6.07) is 7.45. The molecule has 0 aliphatic heterocycles. The lowest BCUT2D eigenvalue weighted by molar-refractivity contribution is -0.113. The summed E-state index contributed by atoms with van der Waals surface area (Å²) >= 11 is 4.71. The minimum absolute atomic E-state index is 0.101. The van der Waals surface area contributed by atoms with Crippen LogP contribution in [0.25, 0.3) is 11.4 Å². The molecule has 0 fully saturated rings. The molecule has 0 aliphatic rings. The fourth-order valence-corrected chi connectivity index (χ4v) is 3.43. The highest BCUT2D eigenvalue weighted by Crippen LogP contribution is 2.24. The van der Waals surface area contributed by atoms with E-state index in [1.165, 1.54) is 11.8 Å². The van der Waals surface area contributed by atoms with E-state index < -0.39 is 0 Å². The van der Waals surface area contributed by atoms with E-state index in [0.29, 0.717) is 17.5 Å². The van der Waals surface area contributed by atoms with Gasteiger partial charge in [0, 0.05) is 29.4 Å². The minimum Gasteiger partial charge on any atom is -0.325 e. The number of amides is 1. The second kappa shape index (κ2) is 9.01. The largest absolute Gasteiger partial charge is 0.325 e. The van der Waals surface area contributed by atoms with Gasteiger partial charge < -0.3 is 5.32 Å². The van der Waals surface area contributed by atoms with Crippen LogP contribution in [0.4, 0.5) is 5.69 Å². The van der Waals surface area contributed by atoms with Gasteiger partial charge in [0.15, 0.2) is 11.0 Å². The molecule has 3 aromatic rings. The van der Waals surface area contributed by atoms with Gasteiger partial charge in [0.2, 0.25) is 5.91 Å². The zero-order chi connectivity index (χ0) is 19.2. The molecule has 0 bridgehead atoms. The van der Waals surface area contributed by atoms with Crippen LogP contribution in [0.15, 0.2) is 58.9 Å². The lowest BCUT2D eigenvalue weighted by Gasteiger charge is -2.07. The molecule has 1 N–H and O–H groups in total. The maximum atomic E-state index is 12.2. The number of aromatic nitrogens is 5. The summed E-state index contributed by atoms with van der Waals surface area (Å²) in [4.78, 5) is 12.2. The summed E-state index contributed by atoms with van der Waals surface area (Å²) in [5.41, 5.74) is 1.64. The van der Waals surface area contributed by atoms with E-state index in [1.807, 2.05) is 46.6 Å². The lowest BCUT2D eigenvalue weighted by Crippen LogP contribution is -2.14. The molecule has 2 heterocycles. The van der Waals surface area contributed by atoms with E-state index in [0.717, 1.165) is 22.3 Å². The van der Waals surface area contributed by atoms with Gasteiger partial charge in [0.05, 0.1) is 17.5 Å². The molecule has 1 amide bonds. The molecule has 2 aromatic heterocycles. The SMILES string of the molecule is C=CCn1c(SCC(=O)Nc2ccc(Br)cc2)nnc1-c1cnn(CC)c1. The summed E-state index contributed by atoms with van der Waals surface area (Å²) in [6.07, 6.45) is 5.48. The van der Waals surface area contributed by atoms with Gasteiger partial charge in [-0.05, 0) is 31.2 Å². The van der Waals surface area contributed by atoms with Gasteiger partial charge in [-0.3, -0.25) is 14.0 Å². The fraction of sp³-hybridized carbons (Fsp3) is 0.222. The summed E-state index contributed by atoms with van der Waals surface area (Å²) < 4.78 is 4.73. The molecule has 9 heteroatoms. The molecule has 1 aromatic carbocycles. The molecule has 0 unspecified atom stereocenters. The van der Waals surface area contributed by atoms with E-state index in [-0.39, 0.29) is 11.7 Å². The molecule has 0 spiro atoms. The van der Waals surface area contributed by atoms with E-state index in [2.05, 4.69) is 43.1 Å². The predicted octanol–water partition coefficient (Wildman–Crippen LogP) is 3.84. The van der Waals surface area contributed by atoms with Crippen LogP contribution < -0.4 is 5.32 Å². The summed E-state index contributed by atoms with van der Waals surface area (Å²) in [7, 11) is 0. The molecule has 140 valence electrons. The van der Waals surface area contributed by atoms with E-state index in [9.17, 15) is 4.79 Å². The lowest BCUT2D eigenvalue weighted by atomic mass is 10.3.